The molecule has 4 nitrogen and oxygen atoms in total. The van der Waals surface area contributed by atoms with E-state index in [0.717, 1.165) is 15.6 Å². The van der Waals surface area contributed by atoms with Crippen LogP contribution < -0.4 is 5.32 Å². The van der Waals surface area contributed by atoms with Crippen molar-refractivity contribution in [2.75, 3.05) is 20.3 Å². The Morgan fingerprint density at radius 2 is 2.05 bits per heavy atom. The van der Waals surface area contributed by atoms with Crippen LogP contribution in [0.2, 0.25) is 0 Å². The highest BCUT2D eigenvalue weighted by Crippen LogP contribution is 2.21. The van der Waals surface area contributed by atoms with E-state index in [0.29, 0.717) is 25.6 Å². The lowest BCUT2D eigenvalue weighted by Gasteiger charge is -2.07. The van der Waals surface area contributed by atoms with Crippen molar-refractivity contribution in [3.63, 3.8) is 0 Å². The predicted molar refractivity (Wildman–Crippen MR) is 75.4 cm³/mol. The number of alkyl halides is 3. The maximum absolute atomic E-state index is 12.0. The first-order valence-corrected chi connectivity index (χ1v) is 7.47. The van der Waals surface area contributed by atoms with Crippen molar-refractivity contribution in [1.29, 1.82) is 0 Å². The maximum Gasteiger partial charge on any atom is 0.411 e. The molecule has 0 bridgehead atoms. The molecule has 1 rings (SSSR count). The summed E-state index contributed by atoms with van der Waals surface area (Å²) < 4.78 is 45.6. The van der Waals surface area contributed by atoms with Gasteiger partial charge >= 0.3 is 6.18 Å². The van der Waals surface area contributed by atoms with Gasteiger partial charge in [-0.25, -0.2) is 4.98 Å². The lowest BCUT2D eigenvalue weighted by molar-refractivity contribution is -0.173. The minimum atomic E-state index is -4.28. The van der Waals surface area contributed by atoms with E-state index in [1.54, 1.807) is 7.11 Å². The molecule has 0 saturated carbocycles. The summed E-state index contributed by atoms with van der Waals surface area (Å²) in [6.07, 6.45) is -3.91. The number of rotatable bonds is 9. The van der Waals surface area contributed by atoms with Gasteiger partial charge in [0.1, 0.15) is 6.61 Å². The molecule has 1 heterocycles. The van der Waals surface area contributed by atoms with Crippen molar-refractivity contribution in [3.8, 4) is 0 Å². The average Bonchev–Trinajstić information content (AvgIpc) is 2.74. The van der Waals surface area contributed by atoms with Crippen LogP contribution in [0, 0.1) is 0 Å². The lowest BCUT2D eigenvalue weighted by Crippen LogP contribution is -2.21. The Morgan fingerprint density at radius 3 is 2.62 bits per heavy atom. The number of aromatic nitrogens is 1. The number of hydrogen-bond acceptors (Lipinski definition) is 5. The molecule has 0 atom stereocenters. The fourth-order valence-electron chi connectivity index (χ4n) is 1.58. The summed E-state index contributed by atoms with van der Waals surface area (Å²) in [5, 5.41) is 4.06. The van der Waals surface area contributed by atoms with Crippen LogP contribution in [-0.2, 0) is 29.0 Å². The predicted octanol–water partition coefficient (Wildman–Crippen LogP) is 2.91. The normalized spacial score (nSPS) is 12.3. The van der Waals surface area contributed by atoms with Gasteiger partial charge in [-0.1, -0.05) is 13.8 Å². The Labute approximate surface area is 126 Å². The molecule has 21 heavy (non-hydrogen) atoms. The van der Waals surface area contributed by atoms with E-state index in [2.05, 4.69) is 15.0 Å². The Kier molecular flexibility index (Phi) is 7.58. The average molecular weight is 326 g/mol. The van der Waals surface area contributed by atoms with Gasteiger partial charge in [-0.15, -0.1) is 11.3 Å². The molecule has 0 spiro atoms. The van der Waals surface area contributed by atoms with Gasteiger partial charge in [0.15, 0.2) is 0 Å². The molecule has 0 aromatic carbocycles. The highest BCUT2D eigenvalue weighted by molar-refractivity contribution is 7.11. The molecule has 0 unspecified atom stereocenters. The molecule has 0 aliphatic rings. The number of halogens is 3. The highest BCUT2D eigenvalue weighted by atomic mass is 32.1. The summed E-state index contributed by atoms with van der Waals surface area (Å²) in [5.41, 5.74) is 0.835. The summed E-state index contributed by atoms with van der Waals surface area (Å²) in [6.45, 7) is 3.96. The number of methoxy groups -OCH3 is 1. The molecular formula is C13H21F3N2O2S. The quantitative estimate of drug-likeness (QED) is 0.709. The fourth-order valence-corrected chi connectivity index (χ4v) is 2.58. The van der Waals surface area contributed by atoms with E-state index in [9.17, 15) is 13.2 Å². The minimum absolute atomic E-state index is 0.0104. The Hall–Kier alpha value is -0.700. The zero-order chi connectivity index (χ0) is 15.9. The molecule has 122 valence electrons. The molecule has 0 radical (unpaired) electrons. The second-order valence-electron chi connectivity index (χ2n) is 4.86. The topological polar surface area (TPSA) is 43.4 Å². The third kappa shape index (κ3) is 7.75. The van der Waals surface area contributed by atoms with Crippen LogP contribution in [0.1, 0.15) is 29.4 Å². The van der Waals surface area contributed by atoms with Crippen molar-refractivity contribution in [2.24, 2.45) is 0 Å². The Balaban J connectivity index is 2.52. The molecule has 0 fully saturated rings. The van der Waals surface area contributed by atoms with Crippen LogP contribution in [0.15, 0.2) is 0 Å². The molecule has 0 amide bonds. The smallest absolute Gasteiger partial charge is 0.378 e. The third-order valence-corrected chi connectivity index (χ3v) is 3.66. The van der Waals surface area contributed by atoms with Gasteiger partial charge in [-0.3, -0.25) is 0 Å². The lowest BCUT2D eigenvalue weighted by atomic mass is 10.3. The van der Waals surface area contributed by atoms with Crippen molar-refractivity contribution in [2.45, 2.75) is 45.6 Å². The van der Waals surface area contributed by atoms with E-state index in [1.807, 2.05) is 13.8 Å². The summed E-state index contributed by atoms with van der Waals surface area (Å²) in [5.74, 6) is 0. The van der Waals surface area contributed by atoms with Gasteiger partial charge in [-0.2, -0.15) is 13.2 Å². The van der Waals surface area contributed by atoms with Gasteiger partial charge in [-0.05, 0) is 0 Å². The second-order valence-corrected chi connectivity index (χ2v) is 6.03. The number of thiazole rings is 1. The molecule has 0 aliphatic heterocycles. The van der Waals surface area contributed by atoms with E-state index in [4.69, 9.17) is 4.74 Å². The number of ether oxygens (including phenoxy) is 2. The van der Waals surface area contributed by atoms with Gasteiger partial charge in [0.2, 0.25) is 0 Å². The Bertz CT molecular complexity index is 422. The van der Waals surface area contributed by atoms with Crippen LogP contribution in [0.5, 0.6) is 0 Å². The Morgan fingerprint density at radius 1 is 1.33 bits per heavy atom. The van der Waals surface area contributed by atoms with Crippen LogP contribution >= 0.6 is 11.3 Å². The standard InChI is InChI=1S/C13H21F3N2O2S/c1-9(2)17-6-11-10(7-19-3)18-12(21-11)4-5-20-8-13(14,15)16/h9,17H,4-8H2,1-3H3. The number of hydrogen-bond donors (Lipinski definition) is 1. The van der Waals surface area contributed by atoms with Crippen LogP contribution in [0.3, 0.4) is 0 Å². The molecule has 8 heteroatoms. The molecular weight excluding hydrogens is 305 g/mol. The first-order chi connectivity index (χ1) is 9.81. The molecule has 0 aliphatic carbocycles. The third-order valence-electron chi connectivity index (χ3n) is 2.50. The monoisotopic (exact) mass is 326 g/mol. The van der Waals surface area contributed by atoms with Crippen molar-refractivity contribution in [3.05, 3.63) is 15.6 Å². The van der Waals surface area contributed by atoms with E-state index in [1.165, 1.54) is 11.3 Å². The van der Waals surface area contributed by atoms with Crippen LogP contribution in [0.4, 0.5) is 13.2 Å². The van der Waals surface area contributed by atoms with E-state index >= 15 is 0 Å². The molecule has 1 aromatic rings. The van der Waals surface area contributed by atoms with Crippen molar-refractivity contribution in [1.82, 2.24) is 10.3 Å². The van der Waals surface area contributed by atoms with Gasteiger partial charge in [0.25, 0.3) is 0 Å². The van der Waals surface area contributed by atoms with Gasteiger partial charge < -0.3 is 14.8 Å². The molecule has 0 saturated heterocycles. The summed E-state index contributed by atoms with van der Waals surface area (Å²) in [6, 6.07) is 0.348. The number of nitrogens with zero attached hydrogens (tertiary/aromatic N) is 1. The zero-order valence-corrected chi connectivity index (χ0v) is 13.2. The van der Waals surface area contributed by atoms with Gasteiger partial charge in [0.05, 0.1) is 23.9 Å². The maximum atomic E-state index is 12.0. The molecule has 1 N–H and O–H groups in total. The SMILES string of the molecule is COCc1nc(CCOCC(F)(F)F)sc1CNC(C)C. The second kappa shape index (κ2) is 8.67. The van der Waals surface area contributed by atoms with Crippen molar-refractivity contribution >= 4 is 11.3 Å². The highest BCUT2D eigenvalue weighted by Gasteiger charge is 2.27. The largest absolute Gasteiger partial charge is 0.411 e. The van der Waals surface area contributed by atoms with Crippen molar-refractivity contribution < 1.29 is 22.6 Å². The number of nitrogens with one attached hydrogen (secondary N) is 1. The minimum Gasteiger partial charge on any atom is -0.378 e. The fraction of sp³-hybridized carbons (Fsp3) is 0.769. The summed E-state index contributed by atoms with van der Waals surface area (Å²) >= 11 is 1.48. The first kappa shape index (κ1) is 18.3. The summed E-state index contributed by atoms with van der Waals surface area (Å²) in [7, 11) is 1.59. The van der Waals surface area contributed by atoms with Gasteiger partial charge in [0, 0.05) is 31.0 Å². The van der Waals surface area contributed by atoms with E-state index in [-0.39, 0.29) is 6.61 Å². The first-order valence-electron chi connectivity index (χ1n) is 6.66. The summed E-state index contributed by atoms with van der Waals surface area (Å²) in [4.78, 5) is 5.46. The zero-order valence-electron chi connectivity index (χ0n) is 12.4. The molecule has 1 aromatic heterocycles. The van der Waals surface area contributed by atoms with Crippen LogP contribution in [-0.4, -0.2) is 37.5 Å². The van der Waals surface area contributed by atoms with E-state index < -0.39 is 12.8 Å². The van der Waals surface area contributed by atoms with Crippen LogP contribution in [0.25, 0.3) is 0 Å².